The Morgan fingerprint density at radius 1 is 1.09 bits per heavy atom. The minimum Gasteiger partial charge on any atom is -0.507 e. The van der Waals surface area contributed by atoms with Crippen molar-refractivity contribution in [3.63, 3.8) is 0 Å². The van der Waals surface area contributed by atoms with Crippen molar-refractivity contribution in [3.8, 4) is 17.2 Å². The first-order valence-corrected chi connectivity index (χ1v) is 11.1. The highest BCUT2D eigenvalue weighted by Crippen LogP contribution is 2.37. The fourth-order valence-corrected chi connectivity index (χ4v) is 5.02. The monoisotopic (exact) mass is 480 g/mol. The number of amides is 1. The van der Waals surface area contributed by atoms with E-state index >= 15 is 0 Å². The number of aryl methyl sites for hydroxylation is 1. The molecule has 4 rings (SSSR count). The van der Waals surface area contributed by atoms with Crippen LogP contribution in [0.3, 0.4) is 0 Å². The fourth-order valence-electron chi connectivity index (χ4n) is 3.73. The first-order valence-electron chi connectivity index (χ1n) is 9.89. The lowest BCUT2D eigenvalue weighted by molar-refractivity contribution is -0.113. The van der Waals surface area contributed by atoms with E-state index in [0.717, 1.165) is 17.0 Å². The fraction of sp³-hybridized carbons (Fsp3) is 0.125. The molecule has 1 saturated heterocycles. The van der Waals surface area contributed by atoms with Crippen LogP contribution >= 0.6 is 24.0 Å². The Balaban J connectivity index is 1.69. The number of carbonyl (C=O) groups is 2. The third-order valence-electron chi connectivity index (χ3n) is 5.35. The summed E-state index contributed by atoms with van der Waals surface area (Å²) >= 11 is 6.68. The van der Waals surface area contributed by atoms with E-state index in [1.165, 1.54) is 28.8 Å². The van der Waals surface area contributed by atoms with Crippen LogP contribution < -0.4 is 9.64 Å². The predicted octanol–water partition coefficient (Wildman–Crippen LogP) is 4.91. The highest BCUT2D eigenvalue weighted by Gasteiger charge is 2.33. The summed E-state index contributed by atoms with van der Waals surface area (Å²) in [4.78, 5) is 26.5. The number of phenols is 1. The van der Waals surface area contributed by atoms with Gasteiger partial charge >= 0.3 is 5.97 Å². The molecule has 0 aliphatic carbocycles. The number of thiocarbonyl (C=S) groups is 1. The number of methoxy groups -OCH3 is 1. The Morgan fingerprint density at radius 3 is 2.39 bits per heavy atom. The average Bonchev–Trinajstić information content (AvgIpc) is 3.22. The average molecular weight is 481 g/mol. The predicted molar refractivity (Wildman–Crippen MR) is 133 cm³/mol. The summed E-state index contributed by atoms with van der Waals surface area (Å²) in [5, 5.41) is 19.2. The van der Waals surface area contributed by atoms with Gasteiger partial charge in [-0.3, -0.25) is 9.69 Å². The minimum absolute atomic E-state index is 0.179. The zero-order chi connectivity index (χ0) is 23.9. The summed E-state index contributed by atoms with van der Waals surface area (Å²) in [5.74, 6) is -1.03. The zero-order valence-corrected chi connectivity index (χ0v) is 19.7. The lowest BCUT2D eigenvalue weighted by Gasteiger charge is -2.14. The largest absolute Gasteiger partial charge is 0.507 e. The molecule has 0 atom stereocenters. The van der Waals surface area contributed by atoms with Crippen LogP contribution in [-0.2, 0) is 4.79 Å². The van der Waals surface area contributed by atoms with Gasteiger partial charge in [0.2, 0.25) is 0 Å². The highest BCUT2D eigenvalue weighted by atomic mass is 32.2. The molecule has 1 amide bonds. The smallest absolute Gasteiger partial charge is 0.339 e. The van der Waals surface area contributed by atoms with Crippen LogP contribution in [-0.4, -0.2) is 38.1 Å². The molecule has 2 N–H and O–H groups in total. The molecule has 2 heterocycles. The van der Waals surface area contributed by atoms with Crippen molar-refractivity contribution in [1.29, 1.82) is 0 Å². The summed E-state index contributed by atoms with van der Waals surface area (Å²) in [7, 11) is 1.58. The molecule has 7 nitrogen and oxygen atoms in total. The zero-order valence-electron chi connectivity index (χ0n) is 18.0. The van der Waals surface area contributed by atoms with Crippen molar-refractivity contribution >= 4 is 51.9 Å². The maximum Gasteiger partial charge on any atom is 0.339 e. The number of benzene rings is 2. The van der Waals surface area contributed by atoms with Crippen molar-refractivity contribution < 1.29 is 24.5 Å². The van der Waals surface area contributed by atoms with Crippen molar-refractivity contribution in [2.75, 3.05) is 12.0 Å². The molecule has 1 aliphatic heterocycles. The van der Waals surface area contributed by atoms with Crippen LogP contribution in [0.15, 0.2) is 53.4 Å². The topological polar surface area (TPSA) is 92.0 Å². The Kier molecular flexibility index (Phi) is 6.01. The number of aromatic carboxylic acids is 1. The molecule has 9 heteroatoms. The van der Waals surface area contributed by atoms with E-state index in [1.807, 2.05) is 24.5 Å². The third-order valence-corrected chi connectivity index (χ3v) is 6.65. The van der Waals surface area contributed by atoms with Gasteiger partial charge in [0, 0.05) is 17.1 Å². The number of carbonyl (C=O) groups excluding carboxylic acids is 1. The number of thioether (sulfide) groups is 1. The number of anilines is 1. The SMILES string of the molecule is COc1ccc(N2C(=O)/C(=C/c3cc(C)n(-c4ccc(O)c(C(=O)O)c4)c3C)SC2=S)cc1. The summed E-state index contributed by atoms with van der Waals surface area (Å²) in [6.45, 7) is 3.77. The summed E-state index contributed by atoms with van der Waals surface area (Å²) in [6.07, 6.45) is 1.79. The van der Waals surface area contributed by atoms with Crippen molar-refractivity contribution in [2.24, 2.45) is 0 Å². The molecule has 1 fully saturated rings. The lowest BCUT2D eigenvalue weighted by atomic mass is 10.1. The summed E-state index contributed by atoms with van der Waals surface area (Å²) in [5.41, 5.74) is 3.58. The molecule has 0 unspecified atom stereocenters. The van der Waals surface area contributed by atoms with E-state index in [4.69, 9.17) is 17.0 Å². The second kappa shape index (κ2) is 8.76. The number of aromatic hydroxyl groups is 1. The second-order valence-corrected chi connectivity index (χ2v) is 9.06. The van der Waals surface area contributed by atoms with Crippen molar-refractivity contribution in [3.05, 3.63) is 76.0 Å². The van der Waals surface area contributed by atoms with Crippen LogP contribution in [0, 0.1) is 13.8 Å². The highest BCUT2D eigenvalue weighted by molar-refractivity contribution is 8.27. The molecular formula is C24H20N2O5S2. The molecule has 33 heavy (non-hydrogen) atoms. The third kappa shape index (κ3) is 4.12. The molecule has 0 bridgehead atoms. The van der Waals surface area contributed by atoms with Gasteiger partial charge in [0.25, 0.3) is 5.91 Å². The van der Waals surface area contributed by atoms with E-state index in [9.17, 15) is 19.8 Å². The quantitative estimate of drug-likeness (QED) is 0.396. The number of rotatable bonds is 5. The maximum atomic E-state index is 13.1. The summed E-state index contributed by atoms with van der Waals surface area (Å²) < 4.78 is 7.49. The van der Waals surface area contributed by atoms with E-state index in [2.05, 4.69) is 0 Å². The van der Waals surface area contributed by atoms with Gasteiger partial charge in [-0.2, -0.15) is 0 Å². The van der Waals surface area contributed by atoms with Crippen LogP contribution in [0.2, 0.25) is 0 Å². The van der Waals surface area contributed by atoms with Gasteiger partial charge in [-0.25, -0.2) is 4.79 Å². The number of carboxylic acid groups (broad SMARTS) is 1. The molecule has 3 aromatic rings. The van der Waals surface area contributed by atoms with Crippen molar-refractivity contribution in [1.82, 2.24) is 4.57 Å². The molecule has 168 valence electrons. The Hall–Kier alpha value is -3.56. The maximum absolute atomic E-state index is 13.1. The molecule has 0 saturated carbocycles. The van der Waals surface area contributed by atoms with Gasteiger partial charge in [-0.05, 0) is 74.0 Å². The molecule has 1 aromatic heterocycles. The van der Waals surface area contributed by atoms with Gasteiger partial charge in [0.1, 0.15) is 17.1 Å². The standard InChI is InChI=1S/C24H20N2O5S2/c1-13-10-15(14(2)25(13)17-6-9-20(27)19(12-17)23(29)30)11-21-22(28)26(24(32)33-21)16-4-7-18(31-3)8-5-16/h4-12,27H,1-3H3,(H,29,30)/b21-11-. The number of hydrogen-bond acceptors (Lipinski definition) is 6. The van der Waals surface area contributed by atoms with Gasteiger partial charge < -0.3 is 19.5 Å². The molecule has 1 aliphatic rings. The Labute approximate surface area is 199 Å². The van der Waals surface area contributed by atoms with Crippen LogP contribution in [0.4, 0.5) is 5.69 Å². The number of nitrogens with zero attached hydrogens (tertiary/aromatic N) is 2. The second-order valence-electron chi connectivity index (χ2n) is 7.38. The Morgan fingerprint density at radius 2 is 1.76 bits per heavy atom. The molecule has 0 spiro atoms. The van der Waals surface area contributed by atoms with Crippen LogP contribution in [0.25, 0.3) is 11.8 Å². The summed E-state index contributed by atoms with van der Waals surface area (Å²) in [6, 6.07) is 13.5. The number of ether oxygens (including phenoxy) is 1. The van der Waals surface area contributed by atoms with Gasteiger partial charge in [0.05, 0.1) is 17.7 Å². The minimum atomic E-state index is -1.21. The number of carboxylic acids is 1. The van der Waals surface area contributed by atoms with Crippen molar-refractivity contribution in [2.45, 2.75) is 13.8 Å². The van der Waals surface area contributed by atoms with Gasteiger partial charge in [0.15, 0.2) is 4.32 Å². The van der Waals surface area contributed by atoms with E-state index < -0.39 is 5.97 Å². The van der Waals surface area contributed by atoms with E-state index in [1.54, 1.807) is 43.5 Å². The first-order chi connectivity index (χ1) is 15.7. The molecular weight excluding hydrogens is 460 g/mol. The first kappa shape index (κ1) is 22.6. The van der Waals surface area contributed by atoms with Gasteiger partial charge in [-0.1, -0.05) is 24.0 Å². The number of aromatic nitrogens is 1. The van der Waals surface area contributed by atoms with Gasteiger partial charge in [-0.15, -0.1) is 0 Å². The lowest BCUT2D eigenvalue weighted by Crippen LogP contribution is -2.27. The number of hydrogen-bond donors (Lipinski definition) is 2. The Bertz CT molecular complexity index is 1330. The normalized spacial score (nSPS) is 14.9. The molecule has 2 aromatic carbocycles. The van der Waals surface area contributed by atoms with E-state index in [0.29, 0.717) is 26.3 Å². The van der Waals surface area contributed by atoms with Crippen LogP contribution in [0.5, 0.6) is 11.5 Å². The molecule has 0 radical (unpaired) electrons. The van der Waals surface area contributed by atoms with E-state index in [-0.39, 0.29) is 17.2 Å². The van der Waals surface area contributed by atoms with Crippen LogP contribution in [0.1, 0.15) is 27.3 Å².